The van der Waals surface area contributed by atoms with E-state index >= 15 is 0 Å². The lowest BCUT2D eigenvalue weighted by atomic mass is 9.34. The number of aromatic nitrogens is 1. The lowest BCUT2D eigenvalue weighted by Gasteiger charge is -2.34. The molecule has 0 aliphatic carbocycles. The largest absolute Gasteiger partial charge is 0.458 e. The SMILES string of the molecule is c1ccc(-c2ccc3c(c2)Oc2ccc(-c4ccncc4)c4c2B3c2ccc(-c3ccccc3)cc2O4)cc1. The minimum atomic E-state index is -0.000987. The predicted molar refractivity (Wildman–Crippen MR) is 158 cm³/mol. The normalized spacial score (nSPS) is 12.5. The number of pyridine rings is 1. The Bertz CT molecular complexity index is 1840. The molecule has 5 aromatic carbocycles. The molecule has 0 saturated carbocycles. The molecular formula is C35H22BNO2. The van der Waals surface area contributed by atoms with E-state index in [0.717, 1.165) is 67.2 Å². The minimum absolute atomic E-state index is 0.000987. The van der Waals surface area contributed by atoms with Crippen LogP contribution in [-0.4, -0.2) is 11.7 Å². The molecule has 2 aliphatic heterocycles. The Morgan fingerprint density at radius 3 is 1.67 bits per heavy atom. The zero-order valence-corrected chi connectivity index (χ0v) is 21.0. The first-order valence-electron chi connectivity index (χ1n) is 13.2. The first kappa shape index (κ1) is 21.9. The second kappa shape index (κ2) is 8.75. The third-order valence-corrected chi connectivity index (χ3v) is 7.73. The topological polar surface area (TPSA) is 31.4 Å². The lowest BCUT2D eigenvalue weighted by molar-refractivity contribution is 0.466. The Labute approximate surface area is 227 Å². The van der Waals surface area contributed by atoms with Crippen molar-refractivity contribution in [2.75, 3.05) is 0 Å². The van der Waals surface area contributed by atoms with Crippen molar-refractivity contribution in [2.24, 2.45) is 0 Å². The summed E-state index contributed by atoms with van der Waals surface area (Å²) >= 11 is 0. The molecule has 1 aromatic heterocycles. The van der Waals surface area contributed by atoms with Crippen LogP contribution < -0.4 is 25.9 Å². The summed E-state index contributed by atoms with van der Waals surface area (Å²) < 4.78 is 13.4. The number of nitrogens with zero attached hydrogens (tertiary/aromatic N) is 1. The van der Waals surface area contributed by atoms with E-state index < -0.39 is 0 Å². The molecule has 0 bridgehead atoms. The Morgan fingerprint density at radius 2 is 1.05 bits per heavy atom. The molecule has 0 amide bonds. The van der Waals surface area contributed by atoms with Crippen molar-refractivity contribution < 1.29 is 9.47 Å². The highest BCUT2D eigenvalue weighted by molar-refractivity contribution is 6.98. The number of hydrogen-bond acceptors (Lipinski definition) is 3. The molecule has 0 spiro atoms. The van der Waals surface area contributed by atoms with Crippen LogP contribution in [0.15, 0.2) is 134 Å². The molecule has 3 nitrogen and oxygen atoms in total. The number of hydrogen-bond donors (Lipinski definition) is 0. The first-order valence-corrected chi connectivity index (χ1v) is 13.2. The van der Waals surface area contributed by atoms with E-state index in [4.69, 9.17) is 9.47 Å². The highest BCUT2D eigenvalue weighted by Crippen LogP contribution is 2.41. The highest BCUT2D eigenvalue weighted by Gasteiger charge is 2.41. The van der Waals surface area contributed by atoms with Crippen molar-refractivity contribution in [1.29, 1.82) is 0 Å². The maximum atomic E-state index is 6.78. The molecule has 0 unspecified atom stereocenters. The van der Waals surface area contributed by atoms with Crippen LogP contribution in [0, 0.1) is 0 Å². The van der Waals surface area contributed by atoms with Crippen LogP contribution in [0.3, 0.4) is 0 Å². The standard InChI is InChI=1S/C35H22BNO2/c1-3-7-23(8-4-1)26-11-14-29-32(21-26)38-31-16-13-28(25-17-19-37-20-18-25)35-34(31)36(29)30-15-12-27(22-33(30)39-35)24-9-5-2-6-10-24/h1-22H. The maximum Gasteiger partial charge on any atom is 0.260 e. The fraction of sp³-hybridized carbons (Fsp3) is 0. The molecule has 0 saturated heterocycles. The van der Waals surface area contributed by atoms with Gasteiger partial charge in [-0.2, -0.15) is 0 Å². The number of benzene rings is 5. The van der Waals surface area contributed by atoms with Gasteiger partial charge in [0.25, 0.3) is 6.71 Å². The van der Waals surface area contributed by atoms with Crippen molar-refractivity contribution in [3.8, 4) is 56.4 Å². The molecule has 6 aromatic rings. The summed E-state index contributed by atoms with van der Waals surface area (Å²) in [4.78, 5) is 4.22. The van der Waals surface area contributed by atoms with Crippen LogP contribution in [0.4, 0.5) is 0 Å². The smallest absolute Gasteiger partial charge is 0.260 e. The molecule has 39 heavy (non-hydrogen) atoms. The molecule has 0 atom stereocenters. The van der Waals surface area contributed by atoms with Gasteiger partial charge >= 0.3 is 0 Å². The Balaban J connectivity index is 1.35. The van der Waals surface area contributed by atoms with Gasteiger partial charge in [-0.1, -0.05) is 84.9 Å². The Morgan fingerprint density at radius 1 is 0.462 bits per heavy atom. The number of ether oxygens (including phenoxy) is 2. The van der Waals surface area contributed by atoms with Crippen molar-refractivity contribution in [3.63, 3.8) is 0 Å². The van der Waals surface area contributed by atoms with E-state index in [1.54, 1.807) is 0 Å². The van der Waals surface area contributed by atoms with Crippen molar-refractivity contribution in [1.82, 2.24) is 4.98 Å². The third-order valence-electron chi connectivity index (χ3n) is 7.73. The van der Waals surface area contributed by atoms with Gasteiger partial charge in [0.15, 0.2) is 0 Å². The number of rotatable bonds is 3. The predicted octanol–water partition coefficient (Wildman–Crippen LogP) is 6.81. The molecule has 182 valence electrons. The van der Waals surface area contributed by atoms with Gasteiger partial charge in [0.1, 0.15) is 23.0 Å². The van der Waals surface area contributed by atoms with Crippen LogP contribution in [0.25, 0.3) is 33.4 Å². The van der Waals surface area contributed by atoms with Crippen LogP contribution >= 0.6 is 0 Å². The van der Waals surface area contributed by atoms with Gasteiger partial charge in [-0.25, -0.2) is 0 Å². The second-order valence-electron chi connectivity index (χ2n) is 9.96. The molecule has 8 rings (SSSR count). The number of fused-ring (bicyclic) bond motifs is 4. The minimum Gasteiger partial charge on any atom is -0.458 e. The molecule has 0 fully saturated rings. The average molecular weight is 499 g/mol. The van der Waals surface area contributed by atoms with E-state index in [2.05, 4.69) is 102 Å². The van der Waals surface area contributed by atoms with Gasteiger partial charge in [0.2, 0.25) is 0 Å². The summed E-state index contributed by atoms with van der Waals surface area (Å²) in [5.74, 6) is 3.44. The van der Waals surface area contributed by atoms with Gasteiger partial charge in [-0.05, 0) is 75.1 Å². The molecular weight excluding hydrogens is 477 g/mol. The lowest BCUT2D eigenvalue weighted by Crippen LogP contribution is -2.57. The van der Waals surface area contributed by atoms with Gasteiger partial charge in [-0.3, -0.25) is 4.98 Å². The summed E-state index contributed by atoms with van der Waals surface area (Å²) in [6, 6.07) is 42.3. The molecule has 2 aliphatic rings. The zero-order chi connectivity index (χ0) is 25.8. The van der Waals surface area contributed by atoms with Gasteiger partial charge < -0.3 is 9.47 Å². The highest BCUT2D eigenvalue weighted by atomic mass is 16.5. The molecule has 0 radical (unpaired) electrons. The summed E-state index contributed by atoms with van der Waals surface area (Å²) in [6.07, 6.45) is 3.64. The average Bonchev–Trinajstić information content (AvgIpc) is 3.01. The molecule has 4 heteroatoms. The van der Waals surface area contributed by atoms with Crippen LogP contribution in [-0.2, 0) is 0 Å². The zero-order valence-electron chi connectivity index (χ0n) is 21.0. The monoisotopic (exact) mass is 499 g/mol. The molecule has 3 heterocycles. The van der Waals surface area contributed by atoms with Crippen molar-refractivity contribution in [3.05, 3.63) is 134 Å². The summed E-state index contributed by atoms with van der Waals surface area (Å²) in [7, 11) is 0. The van der Waals surface area contributed by atoms with Crippen molar-refractivity contribution >= 4 is 23.1 Å². The maximum absolute atomic E-state index is 6.78. The fourth-order valence-corrected chi connectivity index (χ4v) is 5.86. The summed E-state index contributed by atoms with van der Waals surface area (Å²) in [5, 5.41) is 0. The quantitative estimate of drug-likeness (QED) is 0.250. The molecule has 0 N–H and O–H groups in total. The Hall–Kier alpha value is -5.09. The van der Waals surface area contributed by atoms with E-state index in [1.807, 2.05) is 36.7 Å². The summed E-state index contributed by atoms with van der Waals surface area (Å²) in [5.41, 5.74) is 10.1. The van der Waals surface area contributed by atoms with Crippen LogP contribution in [0.5, 0.6) is 23.0 Å². The Kier molecular flexibility index (Phi) is 4.92. The second-order valence-corrected chi connectivity index (χ2v) is 9.96. The van der Waals surface area contributed by atoms with Gasteiger partial charge in [0.05, 0.1) is 0 Å². The first-order chi connectivity index (χ1) is 19.3. The van der Waals surface area contributed by atoms with E-state index in [1.165, 1.54) is 5.56 Å². The van der Waals surface area contributed by atoms with E-state index in [0.29, 0.717) is 0 Å². The third kappa shape index (κ3) is 3.57. The van der Waals surface area contributed by atoms with Crippen molar-refractivity contribution in [2.45, 2.75) is 0 Å². The van der Waals surface area contributed by atoms with Gasteiger partial charge in [-0.15, -0.1) is 0 Å². The summed E-state index contributed by atoms with van der Waals surface area (Å²) in [6.45, 7) is -0.000987. The van der Waals surface area contributed by atoms with E-state index in [9.17, 15) is 0 Å². The van der Waals surface area contributed by atoms with Crippen LogP contribution in [0.1, 0.15) is 0 Å². The van der Waals surface area contributed by atoms with Gasteiger partial charge in [0, 0.05) is 23.4 Å². The van der Waals surface area contributed by atoms with Crippen LogP contribution in [0.2, 0.25) is 0 Å². The fourth-order valence-electron chi connectivity index (χ4n) is 5.86. The van der Waals surface area contributed by atoms with E-state index in [-0.39, 0.29) is 6.71 Å².